The highest BCUT2D eigenvalue weighted by atomic mass is 32.2. The van der Waals surface area contributed by atoms with E-state index < -0.39 is 10.0 Å². The Balaban J connectivity index is 1.58. The topological polar surface area (TPSA) is 74.8 Å². The molecule has 0 saturated carbocycles. The first-order valence-electron chi connectivity index (χ1n) is 8.76. The van der Waals surface area contributed by atoms with E-state index >= 15 is 0 Å². The number of nitrogens with one attached hydrogen (secondary N) is 2. The molecule has 0 fully saturated rings. The van der Waals surface area contributed by atoms with E-state index in [9.17, 15) is 8.42 Å². The maximum atomic E-state index is 12.6. The molecule has 0 amide bonds. The molecule has 0 saturated heterocycles. The third-order valence-corrected chi connectivity index (χ3v) is 7.58. The van der Waals surface area contributed by atoms with E-state index in [1.807, 2.05) is 48.0 Å². The summed E-state index contributed by atoms with van der Waals surface area (Å²) in [6.45, 7) is 2.18. The highest BCUT2D eigenvalue weighted by Crippen LogP contribution is 2.34. The number of rotatable bonds is 7. The fourth-order valence-corrected chi connectivity index (χ4v) is 5.65. The van der Waals surface area contributed by atoms with Crippen LogP contribution in [0.1, 0.15) is 11.1 Å². The number of nitrogens with zero attached hydrogens (tertiary/aromatic N) is 1. The Kier molecular flexibility index (Phi) is 5.45. The number of thiophene rings is 2. The second-order valence-corrected chi connectivity index (χ2v) is 10.0. The van der Waals surface area contributed by atoms with Gasteiger partial charge in [0.2, 0.25) is 10.0 Å². The van der Waals surface area contributed by atoms with Crippen molar-refractivity contribution in [3.05, 3.63) is 70.4 Å². The molecule has 1 aromatic carbocycles. The van der Waals surface area contributed by atoms with Crippen molar-refractivity contribution < 1.29 is 8.42 Å². The van der Waals surface area contributed by atoms with Gasteiger partial charge in [-0.15, -0.1) is 22.7 Å². The lowest BCUT2D eigenvalue weighted by Crippen LogP contribution is -2.26. The van der Waals surface area contributed by atoms with Crippen molar-refractivity contribution >= 4 is 32.7 Å². The Labute approximate surface area is 172 Å². The average Bonchev–Trinajstić information content (AvgIpc) is 3.42. The first-order chi connectivity index (χ1) is 13.5. The van der Waals surface area contributed by atoms with Crippen molar-refractivity contribution in [2.24, 2.45) is 0 Å². The second kappa shape index (κ2) is 8.00. The molecule has 0 spiro atoms. The SMILES string of the molecule is Cc1cccc(S(=O)(=O)NCCc2c(-c3cccs3)n[nH]c2-c2cccs2)c1. The lowest BCUT2D eigenvalue weighted by Gasteiger charge is -2.08. The molecule has 0 unspecified atom stereocenters. The largest absolute Gasteiger partial charge is 0.276 e. The maximum Gasteiger partial charge on any atom is 0.240 e. The molecule has 5 nitrogen and oxygen atoms in total. The number of benzene rings is 1. The van der Waals surface area contributed by atoms with E-state index in [4.69, 9.17) is 0 Å². The minimum atomic E-state index is -3.54. The molecule has 8 heteroatoms. The summed E-state index contributed by atoms with van der Waals surface area (Å²) in [5, 5.41) is 11.7. The Morgan fingerprint density at radius 1 is 1.04 bits per heavy atom. The quantitative estimate of drug-likeness (QED) is 0.447. The van der Waals surface area contributed by atoms with Crippen LogP contribution in [-0.4, -0.2) is 25.2 Å². The molecular weight excluding hydrogens is 410 g/mol. The van der Waals surface area contributed by atoms with Crippen molar-refractivity contribution in [1.82, 2.24) is 14.9 Å². The zero-order valence-electron chi connectivity index (χ0n) is 15.2. The van der Waals surface area contributed by atoms with Crippen molar-refractivity contribution in [1.29, 1.82) is 0 Å². The van der Waals surface area contributed by atoms with Crippen LogP contribution < -0.4 is 4.72 Å². The zero-order valence-corrected chi connectivity index (χ0v) is 17.6. The van der Waals surface area contributed by atoms with Gasteiger partial charge in [-0.1, -0.05) is 24.3 Å². The summed E-state index contributed by atoms with van der Waals surface area (Å²) in [6, 6.07) is 15.0. The summed E-state index contributed by atoms with van der Waals surface area (Å²) in [5.74, 6) is 0. The molecule has 2 N–H and O–H groups in total. The standard InChI is InChI=1S/C20H19N3O2S3/c1-14-5-2-6-15(13-14)28(24,25)21-10-9-16-19(17-7-3-11-26-17)22-23-20(16)18-8-4-12-27-18/h2-8,11-13,21H,9-10H2,1H3,(H,22,23). The third-order valence-electron chi connectivity index (χ3n) is 4.36. The van der Waals surface area contributed by atoms with E-state index in [2.05, 4.69) is 14.9 Å². The van der Waals surface area contributed by atoms with E-state index in [1.165, 1.54) is 0 Å². The van der Waals surface area contributed by atoms with Gasteiger partial charge in [-0.05, 0) is 53.9 Å². The Morgan fingerprint density at radius 2 is 1.79 bits per heavy atom. The van der Waals surface area contributed by atoms with Gasteiger partial charge in [0.05, 0.1) is 20.3 Å². The van der Waals surface area contributed by atoms with Gasteiger partial charge in [0.25, 0.3) is 0 Å². The van der Waals surface area contributed by atoms with Gasteiger partial charge in [-0.25, -0.2) is 13.1 Å². The molecule has 4 aromatic rings. The van der Waals surface area contributed by atoms with E-state index in [0.29, 0.717) is 13.0 Å². The summed E-state index contributed by atoms with van der Waals surface area (Å²) in [4.78, 5) is 2.44. The lowest BCUT2D eigenvalue weighted by molar-refractivity contribution is 0.581. The Hall–Kier alpha value is -2.26. The molecule has 0 radical (unpaired) electrons. The van der Waals surface area contributed by atoms with Crippen molar-refractivity contribution in [2.75, 3.05) is 6.54 Å². The van der Waals surface area contributed by atoms with Gasteiger partial charge >= 0.3 is 0 Å². The normalized spacial score (nSPS) is 11.8. The lowest BCUT2D eigenvalue weighted by atomic mass is 10.1. The fourth-order valence-electron chi connectivity index (χ4n) is 3.03. The first kappa shape index (κ1) is 19.1. The van der Waals surface area contributed by atoms with Crippen LogP contribution in [0.15, 0.2) is 64.2 Å². The first-order valence-corrected chi connectivity index (χ1v) is 12.0. The molecule has 28 heavy (non-hydrogen) atoms. The monoisotopic (exact) mass is 429 g/mol. The third kappa shape index (κ3) is 3.95. The number of aryl methyl sites for hydroxylation is 1. The van der Waals surface area contributed by atoms with Crippen LogP contribution >= 0.6 is 22.7 Å². The van der Waals surface area contributed by atoms with Crippen LogP contribution in [0.4, 0.5) is 0 Å². The van der Waals surface area contributed by atoms with Crippen LogP contribution in [0.25, 0.3) is 21.1 Å². The van der Waals surface area contributed by atoms with Crippen molar-refractivity contribution in [2.45, 2.75) is 18.2 Å². The highest BCUT2D eigenvalue weighted by Gasteiger charge is 2.19. The molecule has 3 heterocycles. The molecule has 144 valence electrons. The number of hydrogen-bond donors (Lipinski definition) is 2. The molecule has 0 bridgehead atoms. The predicted octanol–water partition coefficient (Wildman–Crippen LogP) is 4.70. The maximum absolute atomic E-state index is 12.6. The van der Waals surface area contributed by atoms with Gasteiger partial charge in [-0.2, -0.15) is 5.10 Å². The van der Waals surface area contributed by atoms with Crippen LogP contribution in [0.5, 0.6) is 0 Å². The average molecular weight is 430 g/mol. The highest BCUT2D eigenvalue weighted by molar-refractivity contribution is 7.89. The summed E-state index contributed by atoms with van der Waals surface area (Å²) in [5.41, 5.74) is 3.77. The minimum Gasteiger partial charge on any atom is -0.276 e. The van der Waals surface area contributed by atoms with Crippen LogP contribution in [0.3, 0.4) is 0 Å². The summed E-state index contributed by atoms with van der Waals surface area (Å²) >= 11 is 3.25. The van der Waals surface area contributed by atoms with Crippen LogP contribution in [0, 0.1) is 6.92 Å². The minimum absolute atomic E-state index is 0.289. The van der Waals surface area contributed by atoms with Crippen LogP contribution in [0.2, 0.25) is 0 Å². The van der Waals surface area contributed by atoms with Gasteiger partial charge in [0.1, 0.15) is 5.69 Å². The summed E-state index contributed by atoms with van der Waals surface area (Å²) in [6.07, 6.45) is 0.544. The molecule has 4 rings (SSSR count). The number of sulfonamides is 1. The fraction of sp³-hybridized carbons (Fsp3) is 0.150. The number of aromatic nitrogens is 2. The zero-order chi connectivity index (χ0) is 19.6. The Bertz CT molecular complexity index is 1110. The second-order valence-electron chi connectivity index (χ2n) is 6.34. The molecule has 0 aliphatic rings. The number of aromatic amines is 1. The molecule has 3 aromatic heterocycles. The van der Waals surface area contributed by atoms with Crippen molar-refractivity contribution in [3.8, 4) is 21.1 Å². The molecule has 0 atom stereocenters. The van der Waals surface area contributed by atoms with Gasteiger partial charge in [0, 0.05) is 12.1 Å². The summed E-state index contributed by atoms with van der Waals surface area (Å²) < 4.78 is 27.9. The Morgan fingerprint density at radius 3 is 2.46 bits per heavy atom. The molecular formula is C20H19N3O2S3. The van der Waals surface area contributed by atoms with E-state index in [0.717, 1.165) is 32.3 Å². The van der Waals surface area contributed by atoms with Gasteiger partial charge in [-0.3, -0.25) is 5.10 Å². The smallest absolute Gasteiger partial charge is 0.240 e. The van der Waals surface area contributed by atoms with E-state index in [1.54, 1.807) is 40.9 Å². The van der Waals surface area contributed by atoms with Crippen LogP contribution in [-0.2, 0) is 16.4 Å². The molecule has 0 aliphatic heterocycles. The van der Waals surface area contributed by atoms with Gasteiger partial charge < -0.3 is 0 Å². The number of hydrogen-bond acceptors (Lipinski definition) is 5. The number of H-pyrrole nitrogens is 1. The molecule has 0 aliphatic carbocycles. The predicted molar refractivity (Wildman–Crippen MR) is 115 cm³/mol. The van der Waals surface area contributed by atoms with Crippen molar-refractivity contribution in [3.63, 3.8) is 0 Å². The summed E-state index contributed by atoms with van der Waals surface area (Å²) in [7, 11) is -3.54. The van der Waals surface area contributed by atoms with E-state index in [-0.39, 0.29) is 4.90 Å². The van der Waals surface area contributed by atoms with Gasteiger partial charge in [0.15, 0.2) is 0 Å².